The fraction of sp³-hybridized carbons (Fsp3) is 0.375. The average molecular weight is 275 g/mol. The molecule has 0 saturated heterocycles. The number of benzene rings is 1. The molecule has 1 rings (SSSR count). The standard InChI is InChI=1S/C16H21NO3/c1-5-9-13(18)17-14(12-10-7-6-8-11-12)15(19)20-16(2,3)4/h5-8,10-11,14H,1,9H2,2-4H3,(H,17,18)/t14-/m1/s1. The Morgan fingerprint density at radius 3 is 2.40 bits per heavy atom. The second-order valence-electron chi connectivity index (χ2n) is 5.44. The highest BCUT2D eigenvalue weighted by Crippen LogP contribution is 2.18. The minimum Gasteiger partial charge on any atom is -0.458 e. The molecule has 0 heterocycles. The van der Waals surface area contributed by atoms with Crippen molar-refractivity contribution in [2.45, 2.75) is 38.8 Å². The molecule has 0 unspecified atom stereocenters. The van der Waals surface area contributed by atoms with Crippen LogP contribution >= 0.6 is 0 Å². The lowest BCUT2D eigenvalue weighted by molar-refractivity contribution is -0.158. The maximum absolute atomic E-state index is 12.2. The van der Waals surface area contributed by atoms with E-state index in [-0.39, 0.29) is 12.3 Å². The maximum Gasteiger partial charge on any atom is 0.333 e. The van der Waals surface area contributed by atoms with Gasteiger partial charge in [-0.1, -0.05) is 36.4 Å². The first-order chi connectivity index (χ1) is 9.33. The number of carbonyl (C=O) groups is 2. The van der Waals surface area contributed by atoms with E-state index in [0.29, 0.717) is 5.56 Å². The lowest BCUT2D eigenvalue weighted by atomic mass is 10.1. The monoisotopic (exact) mass is 275 g/mol. The third-order valence-corrected chi connectivity index (χ3v) is 2.41. The predicted molar refractivity (Wildman–Crippen MR) is 78.0 cm³/mol. The van der Waals surface area contributed by atoms with Crippen LogP contribution in [-0.4, -0.2) is 17.5 Å². The van der Waals surface area contributed by atoms with Gasteiger partial charge in [-0.15, -0.1) is 6.58 Å². The zero-order valence-electron chi connectivity index (χ0n) is 12.2. The Labute approximate surface area is 119 Å². The van der Waals surface area contributed by atoms with Crippen LogP contribution in [0.5, 0.6) is 0 Å². The molecule has 0 spiro atoms. The summed E-state index contributed by atoms with van der Waals surface area (Å²) in [6.45, 7) is 8.88. The van der Waals surface area contributed by atoms with Crippen molar-refractivity contribution in [1.29, 1.82) is 0 Å². The van der Waals surface area contributed by atoms with E-state index >= 15 is 0 Å². The van der Waals surface area contributed by atoms with E-state index in [2.05, 4.69) is 11.9 Å². The fourth-order valence-corrected chi connectivity index (χ4v) is 1.64. The van der Waals surface area contributed by atoms with Gasteiger partial charge in [0, 0.05) is 6.42 Å². The summed E-state index contributed by atoms with van der Waals surface area (Å²) >= 11 is 0. The Kier molecular flexibility index (Phi) is 5.50. The van der Waals surface area contributed by atoms with Gasteiger partial charge in [0.2, 0.25) is 5.91 Å². The van der Waals surface area contributed by atoms with Gasteiger partial charge in [-0.2, -0.15) is 0 Å². The molecular weight excluding hydrogens is 254 g/mol. The molecule has 1 amide bonds. The molecule has 0 bridgehead atoms. The Hall–Kier alpha value is -2.10. The summed E-state index contributed by atoms with van der Waals surface area (Å²) in [4.78, 5) is 23.9. The molecule has 1 aromatic carbocycles. The molecule has 0 aliphatic carbocycles. The molecule has 0 saturated carbocycles. The first kappa shape index (κ1) is 16.0. The molecule has 0 aliphatic heterocycles. The van der Waals surface area contributed by atoms with Crippen molar-refractivity contribution < 1.29 is 14.3 Å². The van der Waals surface area contributed by atoms with Gasteiger partial charge >= 0.3 is 5.97 Å². The normalized spacial score (nSPS) is 12.3. The van der Waals surface area contributed by atoms with Crippen LogP contribution in [0.4, 0.5) is 0 Å². The van der Waals surface area contributed by atoms with Crippen molar-refractivity contribution in [3.63, 3.8) is 0 Å². The number of nitrogens with one attached hydrogen (secondary N) is 1. The second-order valence-corrected chi connectivity index (χ2v) is 5.44. The van der Waals surface area contributed by atoms with Crippen LogP contribution in [0.1, 0.15) is 38.8 Å². The van der Waals surface area contributed by atoms with Gasteiger partial charge in [0.1, 0.15) is 5.60 Å². The van der Waals surface area contributed by atoms with Crippen molar-refractivity contribution >= 4 is 11.9 Å². The molecule has 0 fully saturated rings. The van der Waals surface area contributed by atoms with E-state index in [1.165, 1.54) is 6.08 Å². The molecular formula is C16H21NO3. The van der Waals surface area contributed by atoms with Crippen LogP contribution in [0.15, 0.2) is 43.0 Å². The number of hydrogen-bond donors (Lipinski definition) is 1. The van der Waals surface area contributed by atoms with Crippen molar-refractivity contribution in [2.24, 2.45) is 0 Å². The number of esters is 1. The van der Waals surface area contributed by atoms with E-state index in [1.807, 2.05) is 18.2 Å². The zero-order valence-corrected chi connectivity index (χ0v) is 12.2. The summed E-state index contributed by atoms with van der Waals surface area (Å²) in [5, 5.41) is 2.67. The van der Waals surface area contributed by atoms with Crippen LogP contribution < -0.4 is 5.32 Å². The quantitative estimate of drug-likeness (QED) is 0.664. The lowest BCUT2D eigenvalue weighted by Gasteiger charge is -2.24. The van der Waals surface area contributed by atoms with Crippen LogP contribution in [0, 0.1) is 0 Å². The molecule has 4 heteroatoms. The molecule has 1 N–H and O–H groups in total. The summed E-state index contributed by atoms with van der Waals surface area (Å²) < 4.78 is 5.35. The molecule has 4 nitrogen and oxygen atoms in total. The van der Waals surface area contributed by atoms with Crippen LogP contribution in [0.25, 0.3) is 0 Å². The highest BCUT2D eigenvalue weighted by molar-refractivity contribution is 5.86. The van der Waals surface area contributed by atoms with E-state index in [1.54, 1.807) is 32.9 Å². The number of carbonyl (C=O) groups excluding carboxylic acids is 2. The molecule has 20 heavy (non-hydrogen) atoms. The smallest absolute Gasteiger partial charge is 0.333 e. The molecule has 0 radical (unpaired) electrons. The molecule has 0 aliphatic rings. The third kappa shape index (κ3) is 5.26. The zero-order chi connectivity index (χ0) is 15.2. The first-order valence-corrected chi connectivity index (χ1v) is 6.51. The Morgan fingerprint density at radius 2 is 1.90 bits per heavy atom. The van der Waals surface area contributed by atoms with Crippen LogP contribution in [0.3, 0.4) is 0 Å². The SMILES string of the molecule is C=CCC(=O)N[C@@H](C(=O)OC(C)(C)C)c1ccccc1. The van der Waals surface area contributed by atoms with Crippen LogP contribution in [0.2, 0.25) is 0 Å². The topological polar surface area (TPSA) is 55.4 Å². The molecule has 108 valence electrons. The number of hydrogen-bond acceptors (Lipinski definition) is 3. The highest BCUT2D eigenvalue weighted by Gasteiger charge is 2.27. The molecule has 1 atom stereocenters. The predicted octanol–water partition coefficient (Wildman–Crippen LogP) is 2.76. The summed E-state index contributed by atoms with van der Waals surface area (Å²) in [6.07, 6.45) is 1.65. The minimum atomic E-state index is -0.803. The van der Waals surface area contributed by atoms with Crippen molar-refractivity contribution in [1.82, 2.24) is 5.32 Å². The van der Waals surface area contributed by atoms with Gasteiger partial charge in [-0.3, -0.25) is 4.79 Å². The largest absolute Gasteiger partial charge is 0.458 e. The summed E-state index contributed by atoms with van der Waals surface area (Å²) in [5.74, 6) is -0.735. The van der Waals surface area contributed by atoms with Crippen molar-refractivity contribution in [2.75, 3.05) is 0 Å². The number of amides is 1. The van der Waals surface area contributed by atoms with Gasteiger partial charge in [-0.25, -0.2) is 4.79 Å². The number of ether oxygens (including phenoxy) is 1. The Morgan fingerprint density at radius 1 is 1.30 bits per heavy atom. The van der Waals surface area contributed by atoms with E-state index in [9.17, 15) is 9.59 Å². The highest BCUT2D eigenvalue weighted by atomic mass is 16.6. The maximum atomic E-state index is 12.2. The van der Waals surface area contributed by atoms with Crippen molar-refractivity contribution in [3.8, 4) is 0 Å². The van der Waals surface area contributed by atoms with Gasteiger partial charge in [-0.05, 0) is 26.3 Å². The second kappa shape index (κ2) is 6.89. The van der Waals surface area contributed by atoms with Gasteiger partial charge in [0.25, 0.3) is 0 Å². The van der Waals surface area contributed by atoms with Crippen LogP contribution in [-0.2, 0) is 14.3 Å². The van der Waals surface area contributed by atoms with Gasteiger partial charge in [0.15, 0.2) is 6.04 Å². The van der Waals surface area contributed by atoms with E-state index in [0.717, 1.165) is 0 Å². The minimum absolute atomic E-state index is 0.159. The summed E-state index contributed by atoms with van der Waals surface area (Å²) in [6, 6.07) is 8.23. The van der Waals surface area contributed by atoms with E-state index in [4.69, 9.17) is 4.74 Å². The molecule has 0 aromatic heterocycles. The van der Waals surface area contributed by atoms with Crippen molar-refractivity contribution in [3.05, 3.63) is 48.6 Å². The van der Waals surface area contributed by atoms with Gasteiger partial charge < -0.3 is 10.1 Å². The number of rotatable bonds is 5. The lowest BCUT2D eigenvalue weighted by Crippen LogP contribution is -2.37. The molecule has 1 aromatic rings. The Bertz CT molecular complexity index is 474. The van der Waals surface area contributed by atoms with Gasteiger partial charge in [0.05, 0.1) is 0 Å². The summed E-state index contributed by atoms with van der Waals surface area (Å²) in [5.41, 5.74) is 0.0898. The average Bonchev–Trinajstić information content (AvgIpc) is 2.35. The third-order valence-electron chi connectivity index (χ3n) is 2.41. The first-order valence-electron chi connectivity index (χ1n) is 6.51. The Balaban J connectivity index is 2.93. The van der Waals surface area contributed by atoms with E-state index < -0.39 is 17.6 Å². The summed E-state index contributed by atoms with van der Waals surface area (Å²) in [7, 11) is 0. The fourth-order valence-electron chi connectivity index (χ4n) is 1.64.